The molecule has 0 aromatic heterocycles. The topological polar surface area (TPSA) is 24.7 Å². The minimum Gasteiger partial charge on any atom is -0.226 e. The van der Waals surface area contributed by atoms with E-state index in [1.54, 1.807) is 0 Å². The van der Waals surface area contributed by atoms with Crippen LogP contribution in [0.5, 0.6) is 0 Å². The molecule has 0 heterocycles. The van der Waals surface area contributed by atoms with Crippen LogP contribution in [0.25, 0.3) is 0 Å². The van der Waals surface area contributed by atoms with Gasteiger partial charge in [-0.25, -0.2) is 9.98 Å². The summed E-state index contributed by atoms with van der Waals surface area (Å²) in [6, 6.07) is 2.76. The first-order chi connectivity index (χ1) is 6.91. The fourth-order valence-electron chi connectivity index (χ4n) is 1.18. The number of rotatable bonds is 9. The molecule has 0 aromatic carbocycles. The highest BCUT2D eigenvalue weighted by Gasteiger charge is 1.86. The number of nitrogens with zero attached hydrogens (tertiary/aromatic N) is 2. The van der Waals surface area contributed by atoms with Crippen molar-refractivity contribution in [3.63, 3.8) is 0 Å². The second kappa shape index (κ2) is 12.4. The minimum absolute atomic E-state index is 0.885. The molecule has 0 bridgehead atoms. The van der Waals surface area contributed by atoms with Crippen molar-refractivity contribution in [1.82, 2.24) is 0 Å². The van der Waals surface area contributed by atoms with Gasteiger partial charge in [0.25, 0.3) is 0 Å². The summed E-state index contributed by atoms with van der Waals surface area (Å²) in [5, 5.41) is 0. The Labute approximate surface area is 88.5 Å². The molecule has 0 fully saturated rings. The molecule has 0 aliphatic carbocycles. The van der Waals surface area contributed by atoms with Crippen molar-refractivity contribution >= 4 is 6.01 Å². The van der Waals surface area contributed by atoms with Gasteiger partial charge in [0, 0.05) is 13.1 Å². The molecule has 0 unspecified atom stereocenters. The normalized spacial score (nSPS) is 9.57. The fraction of sp³-hybridized carbons (Fsp3) is 0.917. The smallest absolute Gasteiger partial charge is 0.0892 e. The molecule has 0 aromatic rings. The van der Waals surface area contributed by atoms with E-state index < -0.39 is 0 Å². The largest absolute Gasteiger partial charge is 0.226 e. The summed E-state index contributed by atoms with van der Waals surface area (Å²) in [7, 11) is 0. The Balaban J connectivity index is 3.13. The second-order valence-electron chi connectivity index (χ2n) is 3.63. The van der Waals surface area contributed by atoms with Crippen LogP contribution >= 0.6 is 0 Å². The quantitative estimate of drug-likeness (QED) is 0.394. The van der Waals surface area contributed by atoms with E-state index in [1.165, 1.54) is 38.5 Å². The highest BCUT2D eigenvalue weighted by atomic mass is 14.8. The maximum Gasteiger partial charge on any atom is 0.0892 e. The fourth-order valence-corrected chi connectivity index (χ4v) is 1.18. The summed E-state index contributed by atoms with van der Waals surface area (Å²) in [4.78, 5) is 8.20. The Morgan fingerprint density at radius 1 is 0.714 bits per heavy atom. The SMILES string of the molecule is CCCCCCCN=C=NCCCC. The molecule has 2 nitrogen and oxygen atoms in total. The van der Waals surface area contributed by atoms with Crippen molar-refractivity contribution in [2.45, 2.75) is 58.8 Å². The molecule has 0 saturated heterocycles. The standard InChI is InChI=1S/C12H24N2/c1-3-5-7-8-9-11-14-12-13-10-6-4-2/h3-11H2,1-2H3. The average Bonchev–Trinajstić information content (AvgIpc) is 2.21. The van der Waals surface area contributed by atoms with Gasteiger partial charge in [0.15, 0.2) is 0 Å². The second-order valence-corrected chi connectivity index (χ2v) is 3.63. The number of aliphatic imine (C=N–C) groups is 2. The van der Waals surface area contributed by atoms with Crippen LogP contribution in [-0.2, 0) is 0 Å². The molecule has 14 heavy (non-hydrogen) atoms. The molecule has 0 amide bonds. The van der Waals surface area contributed by atoms with E-state index in [1.807, 2.05) is 0 Å². The number of unbranched alkanes of at least 4 members (excludes halogenated alkanes) is 5. The average molecular weight is 196 g/mol. The zero-order valence-corrected chi connectivity index (χ0v) is 9.76. The van der Waals surface area contributed by atoms with Crippen LogP contribution in [0.1, 0.15) is 58.8 Å². The molecule has 0 spiro atoms. The molecule has 0 N–H and O–H groups in total. The third kappa shape index (κ3) is 11.4. The van der Waals surface area contributed by atoms with Gasteiger partial charge in [-0.3, -0.25) is 0 Å². The van der Waals surface area contributed by atoms with Crippen molar-refractivity contribution < 1.29 is 0 Å². The van der Waals surface area contributed by atoms with Gasteiger partial charge in [-0.1, -0.05) is 46.0 Å². The third-order valence-corrected chi connectivity index (χ3v) is 2.14. The van der Waals surface area contributed by atoms with Gasteiger partial charge >= 0.3 is 0 Å². The van der Waals surface area contributed by atoms with Crippen LogP contribution in [0.4, 0.5) is 0 Å². The van der Waals surface area contributed by atoms with E-state index in [9.17, 15) is 0 Å². The summed E-state index contributed by atoms with van der Waals surface area (Å²) >= 11 is 0. The van der Waals surface area contributed by atoms with Crippen LogP contribution < -0.4 is 0 Å². The van der Waals surface area contributed by atoms with E-state index in [0.29, 0.717) is 0 Å². The maximum atomic E-state index is 4.12. The van der Waals surface area contributed by atoms with Crippen molar-refractivity contribution in [2.75, 3.05) is 13.1 Å². The first-order valence-electron chi connectivity index (χ1n) is 5.99. The molecular weight excluding hydrogens is 172 g/mol. The molecule has 0 aliphatic rings. The molecular formula is C12H24N2. The summed E-state index contributed by atoms with van der Waals surface area (Å²) in [6.45, 7) is 6.19. The van der Waals surface area contributed by atoms with Crippen LogP contribution in [0.15, 0.2) is 9.98 Å². The lowest BCUT2D eigenvalue weighted by molar-refractivity contribution is 0.639. The van der Waals surface area contributed by atoms with E-state index >= 15 is 0 Å². The molecule has 2 heteroatoms. The minimum atomic E-state index is 0.885. The summed E-state index contributed by atoms with van der Waals surface area (Å²) in [6.07, 6.45) is 8.85. The van der Waals surface area contributed by atoms with Gasteiger partial charge in [0.05, 0.1) is 6.01 Å². The Morgan fingerprint density at radius 3 is 1.93 bits per heavy atom. The van der Waals surface area contributed by atoms with E-state index in [2.05, 4.69) is 29.8 Å². The van der Waals surface area contributed by atoms with Gasteiger partial charge in [-0.15, -0.1) is 0 Å². The maximum absolute atomic E-state index is 4.12. The third-order valence-electron chi connectivity index (χ3n) is 2.14. The Bertz CT molecular complexity index is 158. The van der Waals surface area contributed by atoms with Crippen molar-refractivity contribution in [1.29, 1.82) is 0 Å². The first kappa shape index (κ1) is 13.4. The van der Waals surface area contributed by atoms with Gasteiger partial charge in [-0.05, 0) is 12.8 Å². The Kier molecular flexibility index (Phi) is 11.8. The van der Waals surface area contributed by atoms with E-state index in [-0.39, 0.29) is 0 Å². The van der Waals surface area contributed by atoms with Crippen molar-refractivity contribution in [3.8, 4) is 0 Å². The Hall–Kier alpha value is -0.620. The summed E-state index contributed by atoms with van der Waals surface area (Å²) < 4.78 is 0. The molecule has 0 radical (unpaired) electrons. The number of hydrogen-bond acceptors (Lipinski definition) is 2. The van der Waals surface area contributed by atoms with Gasteiger partial charge in [-0.2, -0.15) is 0 Å². The van der Waals surface area contributed by atoms with Crippen LogP contribution in [-0.4, -0.2) is 19.1 Å². The van der Waals surface area contributed by atoms with Crippen LogP contribution in [0, 0.1) is 0 Å². The predicted octanol–water partition coefficient (Wildman–Crippen LogP) is 3.93. The highest BCUT2D eigenvalue weighted by molar-refractivity contribution is 5.40. The van der Waals surface area contributed by atoms with Crippen LogP contribution in [0.3, 0.4) is 0 Å². The number of hydrogen-bond donors (Lipinski definition) is 0. The van der Waals surface area contributed by atoms with E-state index in [4.69, 9.17) is 0 Å². The molecule has 82 valence electrons. The van der Waals surface area contributed by atoms with Crippen molar-refractivity contribution in [3.05, 3.63) is 0 Å². The molecule has 0 rings (SSSR count). The highest BCUT2D eigenvalue weighted by Crippen LogP contribution is 2.01. The van der Waals surface area contributed by atoms with Crippen LogP contribution in [0.2, 0.25) is 0 Å². The lowest BCUT2D eigenvalue weighted by Gasteiger charge is -1.94. The van der Waals surface area contributed by atoms with Gasteiger partial charge < -0.3 is 0 Å². The molecule has 0 aliphatic heterocycles. The predicted molar refractivity (Wildman–Crippen MR) is 63.3 cm³/mol. The molecule has 0 atom stereocenters. The van der Waals surface area contributed by atoms with E-state index in [0.717, 1.165) is 19.5 Å². The zero-order valence-electron chi connectivity index (χ0n) is 9.76. The zero-order chi connectivity index (χ0) is 10.5. The lowest BCUT2D eigenvalue weighted by atomic mass is 10.2. The lowest BCUT2D eigenvalue weighted by Crippen LogP contribution is -1.82. The Morgan fingerprint density at radius 2 is 1.29 bits per heavy atom. The van der Waals surface area contributed by atoms with Crippen molar-refractivity contribution in [2.24, 2.45) is 9.98 Å². The first-order valence-corrected chi connectivity index (χ1v) is 5.99. The van der Waals surface area contributed by atoms with Gasteiger partial charge in [0.2, 0.25) is 0 Å². The summed E-state index contributed by atoms with van der Waals surface area (Å²) in [5.41, 5.74) is 0. The molecule has 0 saturated carbocycles. The monoisotopic (exact) mass is 196 g/mol. The summed E-state index contributed by atoms with van der Waals surface area (Å²) in [5.74, 6) is 0. The van der Waals surface area contributed by atoms with Gasteiger partial charge in [0.1, 0.15) is 0 Å².